The third-order valence-corrected chi connectivity index (χ3v) is 7.21. The molecule has 1 heterocycles. The number of fused-ring (bicyclic) bond motifs is 3. The van der Waals surface area contributed by atoms with Crippen molar-refractivity contribution in [3.63, 3.8) is 0 Å². The second-order valence-corrected chi connectivity index (χ2v) is 8.27. The molecule has 0 unspecified atom stereocenters. The predicted molar refractivity (Wildman–Crippen MR) is 92.7 cm³/mol. The Labute approximate surface area is 139 Å². The molecule has 2 fully saturated rings. The molecule has 2 aliphatic carbocycles. The van der Waals surface area contributed by atoms with E-state index in [1.54, 1.807) is 0 Å². The smallest absolute Gasteiger partial charge is 0.263 e. The van der Waals surface area contributed by atoms with E-state index in [0.717, 1.165) is 21.9 Å². The minimum Gasteiger partial charge on any atom is -0.349 e. The first kappa shape index (κ1) is 14.5. The van der Waals surface area contributed by atoms with Gasteiger partial charge in [-0.3, -0.25) is 4.79 Å². The first-order valence-corrected chi connectivity index (χ1v) is 9.31. The molecule has 1 aromatic carbocycles. The summed E-state index contributed by atoms with van der Waals surface area (Å²) in [7, 11) is 0. The van der Waals surface area contributed by atoms with Gasteiger partial charge in [0.2, 0.25) is 0 Å². The molecule has 0 saturated heterocycles. The molecule has 4 heteroatoms. The van der Waals surface area contributed by atoms with Crippen molar-refractivity contribution in [1.29, 1.82) is 0 Å². The standard InChI is InChI=1S/C18H20ClNOS/c1-10(14-9-11-6-7-12(14)8-11)20-18(21)17-16(19)13-4-2-3-5-15(13)22-17/h2-5,10-12,14H,6-9H2,1H3,(H,20,21)/t10-,11+,12+,14-/m1/s1. The van der Waals surface area contributed by atoms with Crippen molar-refractivity contribution in [3.05, 3.63) is 34.2 Å². The molecule has 2 nitrogen and oxygen atoms in total. The van der Waals surface area contributed by atoms with E-state index in [1.165, 1.54) is 37.0 Å². The number of hydrogen-bond acceptors (Lipinski definition) is 2. The Morgan fingerprint density at radius 3 is 2.82 bits per heavy atom. The van der Waals surface area contributed by atoms with Crippen LogP contribution in [0, 0.1) is 17.8 Å². The normalized spacial score (nSPS) is 28.2. The molecule has 1 amide bonds. The molecule has 0 radical (unpaired) electrons. The molecule has 0 spiro atoms. The Bertz CT molecular complexity index is 725. The lowest BCUT2D eigenvalue weighted by Gasteiger charge is -2.28. The van der Waals surface area contributed by atoms with Crippen molar-refractivity contribution < 1.29 is 4.79 Å². The fourth-order valence-electron chi connectivity index (χ4n) is 4.45. The lowest BCUT2D eigenvalue weighted by atomic mass is 9.84. The highest BCUT2D eigenvalue weighted by molar-refractivity contribution is 7.21. The van der Waals surface area contributed by atoms with Crippen LogP contribution < -0.4 is 5.32 Å². The predicted octanol–water partition coefficient (Wildman–Crippen LogP) is 5.11. The van der Waals surface area contributed by atoms with Crippen LogP contribution in [0.25, 0.3) is 10.1 Å². The van der Waals surface area contributed by atoms with Crippen molar-refractivity contribution >= 4 is 38.9 Å². The topological polar surface area (TPSA) is 29.1 Å². The number of hydrogen-bond donors (Lipinski definition) is 1. The number of thiophene rings is 1. The van der Waals surface area contributed by atoms with E-state index in [9.17, 15) is 4.79 Å². The summed E-state index contributed by atoms with van der Waals surface area (Å²) < 4.78 is 1.07. The average molecular weight is 334 g/mol. The van der Waals surface area contributed by atoms with Crippen LogP contribution >= 0.6 is 22.9 Å². The van der Waals surface area contributed by atoms with Crippen molar-refractivity contribution in [3.8, 4) is 0 Å². The Balaban J connectivity index is 1.52. The Hall–Kier alpha value is -1.06. The zero-order valence-corrected chi connectivity index (χ0v) is 14.2. The fourth-order valence-corrected chi connectivity index (χ4v) is 5.87. The molecule has 22 heavy (non-hydrogen) atoms. The average Bonchev–Trinajstić information content (AvgIpc) is 3.22. The second-order valence-electron chi connectivity index (χ2n) is 6.84. The van der Waals surface area contributed by atoms with Gasteiger partial charge in [-0.15, -0.1) is 11.3 Å². The van der Waals surface area contributed by atoms with E-state index in [1.807, 2.05) is 24.3 Å². The summed E-state index contributed by atoms with van der Waals surface area (Å²) in [5, 5.41) is 4.79. The second kappa shape index (κ2) is 5.54. The van der Waals surface area contributed by atoms with Gasteiger partial charge < -0.3 is 5.32 Å². The number of amides is 1. The highest BCUT2D eigenvalue weighted by atomic mass is 35.5. The number of nitrogens with one attached hydrogen (secondary N) is 1. The number of benzene rings is 1. The van der Waals surface area contributed by atoms with Gasteiger partial charge in [-0.05, 0) is 50.0 Å². The van der Waals surface area contributed by atoms with Gasteiger partial charge in [-0.25, -0.2) is 0 Å². The lowest BCUT2D eigenvalue weighted by molar-refractivity contribution is 0.0919. The van der Waals surface area contributed by atoms with Crippen molar-refractivity contribution in [2.24, 2.45) is 17.8 Å². The molecule has 0 aliphatic heterocycles. The molecular weight excluding hydrogens is 314 g/mol. The van der Waals surface area contributed by atoms with Crippen LogP contribution in [0.3, 0.4) is 0 Å². The summed E-state index contributed by atoms with van der Waals surface area (Å²) in [5.41, 5.74) is 0. The van der Waals surface area contributed by atoms with Crippen LogP contribution in [0.4, 0.5) is 0 Å². The summed E-state index contributed by atoms with van der Waals surface area (Å²) in [4.78, 5) is 13.3. The zero-order valence-electron chi connectivity index (χ0n) is 12.6. The highest BCUT2D eigenvalue weighted by Crippen LogP contribution is 2.49. The molecule has 116 valence electrons. The first-order valence-electron chi connectivity index (χ1n) is 8.11. The summed E-state index contributed by atoms with van der Waals surface area (Å²) in [6.45, 7) is 2.16. The molecule has 2 saturated carbocycles. The first-order chi connectivity index (χ1) is 10.6. The van der Waals surface area contributed by atoms with Gasteiger partial charge in [0.25, 0.3) is 5.91 Å². The maximum Gasteiger partial charge on any atom is 0.263 e. The monoisotopic (exact) mass is 333 g/mol. The summed E-state index contributed by atoms with van der Waals surface area (Å²) in [6.07, 6.45) is 5.39. The van der Waals surface area contributed by atoms with E-state index in [2.05, 4.69) is 12.2 Å². The molecule has 2 bridgehead atoms. The Kier molecular flexibility index (Phi) is 3.66. The van der Waals surface area contributed by atoms with E-state index >= 15 is 0 Å². The lowest BCUT2D eigenvalue weighted by Crippen LogP contribution is -2.39. The molecule has 2 aliphatic rings. The van der Waals surface area contributed by atoms with Crippen molar-refractivity contribution in [2.75, 3.05) is 0 Å². The largest absolute Gasteiger partial charge is 0.349 e. The third-order valence-electron chi connectivity index (χ3n) is 5.53. The van der Waals surface area contributed by atoms with Crippen LogP contribution in [0.2, 0.25) is 5.02 Å². The molecule has 1 N–H and O–H groups in total. The SMILES string of the molecule is C[C@@H](NC(=O)c1sc2ccccc2c1Cl)[C@H]1C[C@H]2CC[C@H]1C2. The Morgan fingerprint density at radius 1 is 1.32 bits per heavy atom. The van der Waals surface area contributed by atoms with Gasteiger partial charge in [0, 0.05) is 16.1 Å². The number of carbonyl (C=O) groups is 1. The molecule has 4 rings (SSSR count). The van der Waals surface area contributed by atoms with Crippen molar-refractivity contribution in [1.82, 2.24) is 5.32 Å². The Morgan fingerprint density at radius 2 is 2.14 bits per heavy atom. The van der Waals surface area contributed by atoms with Crippen LogP contribution in [0.5, 0.6) is 0 Å². The highest BCUT2D eigenvalue weighted by Gasteiger charge is 2.42. The summed E-state index contributed by atoms with van der Waals surface area (Å²) in [6, 6.07) is 8.17. The molecule has 2 aromatic rings. The van der Waals surface area contributed by atoms with E-state index in [0.29, 0.717) is 15.8 Å². The third kappa shape index (κ3) is 2.35. The van der Waals surface area contributed by atoms with Gasteiger partial charge in [-0.1, -0.05) is 36.2 Å². The maximum absolute atomic E-state index is 12.6. The van der Waals surface area contributed by atoms with Crippen LogP contribution in [-0.4, -0.2) is 11.9 Å². The fraction of sp³-hybridized carbons (Fsp3) is 0.500. The van der Waals surface area contributed by atoms with Gasteiger partial charge in [0.05, 0.1) is 5.02 Å². The van der Waals surface area contributed by atoms with Crippen LogP contribution in [0.15, 0.2) is 24.3 Å². The van der Waals surface area contributed by atoms with Gasteiger partial charge >= 0.3 is 0 Å². The van der Waals surface area contributed by atoms with Gasteiger partial charge in [-0.2, -0.15) is 0 Å². The molecule has 1 aromatic heterocycles. The number of carbonyl (C=O) groups excluding carboxylic acids is 1. The van der Waals surface area contributed by atoms with E-state index in [-0.39, 0.29) is 11.9 Å². The van der Waals surface area contributed by atoms with Gasteiger partial charge in [0.1, 0.15) is 4.88 Å². The summed E-state index contributed by atoms with van der Waals surface area (Å²) >= 11 is 7.90. The maximum atomic E-state index is 12.6. The van der Waals surface area contributed by atoms with Crippen molar-refractivity contribution in [2.45, 2.75) is 38.6 Å². The zero-order chi connectivity index (χ0) is 15.3. The number of halogens is 1. The molecular formula is C18H20ClNOS. The molecule has 4 atom stereocenters. The minimum atomic E-state index is -0.0125. The van der Waals surface area contributed by atoms with E-state index in [4.69, 9.17) is 11.6 Å². The minimum absolute atomic E-state index is 0.0125. The van der Waals surface area contributed by atoms with Crippen LogP contribution in [0.1, 0.15) is 42.3 Å². The van der Waals surface area contributed by atoms with Gasteiger partial charge in [0.15, 0.2) is 0 Å². The summed E-state index contributed by atoms with van der Waals surface area (Å²) in [5.74, 6) is 2.36. The quantitative estimate of drug-likeness (QED) is 0.830. The van der Waals surface area contributed by atoms with Crippen LogP contribution in [-0.2, 0) is 0 Å². The van der Waals surface area contributed by atoms with E-state index < -0.39 is 0 Å². The number of rotatable bonds is 3.